The van der Waals surface area contributed by atoms with Crippen LogP contribution in [0.3, 0.4) is 0 Å². The van der Waals surface area contributed by atoms with Crippen LogP contribution >= 0.6 is 0 Å². The highest BCUT2D eigenvalue weighted by atomic mass is 19.3. The molecule has 1 nitrogen and oxygen atoms in total. The molecule has 1 atom stereocenters. The maximum absolute atomic E-state index is 13.2. The molecule has 0 bridgehead atoms. The van der Waals surface area contributed by atoms with Gasteiger partial charge in [0.2, 0.25) is 5.92 Å². The zero-order valence-electron chi connectivity index (χ0n) is 9.56. The van der Waals surface area contributed by atoms with E-state index in [4.69, 9.17) is 0 Å². The molecule has 1 saturated carbocycles. The number of alkyl halides is 2. The van der Waals surface area contributed by atoms with Crippen molar-refractivity contribution in [3.05, 3.63) is 30.1 Å². The van der Waals surface area contributed by atoms with Gasteiger partial charge in [0.1, 0.15) is 5.82 Å². The molecule has 94 valence electrons. The first kappa shape index (κ1) is 12.3. The van der Waals surface area contributed by atoms with Crippen LogP contribution in [0.2, 0.25) is 0 Å². The number of nitrogens with one attached hydrogen (secondary N) is 1. The second kappa shape index (κ2) is 4.98. The molecule has 0 amide bonds. The summed E-state index contributed by atoms with van der Waals surface area (Å²) in [5, 5.41) is 3.02. The summed E-state index contributed by atoms with van der Waals surface area (Å²) < 4.78 is 39.2. The zero-order valence-corrected chi connectivity index (χ0v) is 9.56. The third-order valence-electron chi connectivity index (χ3n) is 3.16. The third kappa shape index (κ3) is 3.65. The van der Waals surface area contributed by atoms with E-state index in [2.05, 4.69) is 5.32 Å². The van der Waals surface area contributed by atoms with E-state index >= 15 is 0 Å². The van der Waals surface area contributed by atoms with E-state index in [1.165, 1.54) is 12.1 Å². The minimum Gasteiger partial charge on any atom is -0.385 e. The van der Waals surface area contributed by atoms with Gasteiger partial charge in [-0.2, -0.15) is 0 Å². The van der Waals surface area contributed by atoms with Crippen molar-refractivity contribution in [2.45, 2.75) is 31.6 Å². The standard InChI is InChI=1S/C13H16F3N/c14-11-4-1-5-12(7-11)17-9-10-3-2-6-13(15,16)8-10/h1,4-5,7,10,17H,2-3,6,8-9H2. The summed E-state index contributed by atoms with van der Waals surface area (Å²) in [6.45, 7) is 0.485. The average molecular weight is 243 g/mol. The lowest BCUT2D eigenvalue weighted by atomic mass is 9.86. The quantitative estimate of drug-likeness (QED) is 0.844. The molecule has 1 fully saturated rings. The van der Waals surface area contributed by atoms with Gasteiger partial charge in [-0.3, -0.25) is 0 Å². The van der Waals surface area contributed by atoms with Crippen molar-refractivity contribution in [3.8, 4) is 0 Å². The number of hydrogen-bond acceptors (Lipinski definition) is 1. The van der Waals surface area contributed by atoms with Gasteiger partial charge in [-0.1, -0.05) is 6.07 Å². The number of anilines is 1. The molecule has 2 rings (SSSR count). The molecule has 0 spiro atoms. The van der Waals surface area contributed by atoms with Crippen LogP contribution in [0.4, 0.5) is 18.9 Å². The summed E-state index contributed by atoms with van der Waals surface area (Å²) in [6, 6.07) is 6.08. The Labute approximate surface area is 99.0 Å². The van der Waals surface area contributed by atoms with E-state index in [-0.39, 0.29) is 24.6 Å². The van der Waals surface area contributed by atoms with Crippen molar-refractivity contribution >= 4 is 5.69 Å². The summed E-state index contributed by atoms with van der Waals surface area (Å²) in [4.78, 5) is 0. The van der Waals surface area contributed by atoms with Gasteiger partial charge < -0.3 is 5.32 Å². The van der Waals surface area contributed by atoms with Gasteiger partial charge in [0.15, 0.2) is 0 Å². The summed E-state index contributed by atoms with van der Waals surface area (Å²) >= 11 is 0. The number of halogens is 3. The second-order valence-electron chi connectivity index (χ2n) is 4.71. The molecular weight excluding hydrogens is 227 g/mol. The maximum Gasteiger partial charge on any atom is 0.248 e. The molecular formula is C13H16F3N. The minimum atomic E-state index is -2.52. The van der Waals surface area contributed by atoms with Gasteiger partial charge in [-0.05, 0) is 37.0 Å². The Morgan fingerprint density at radius 2 is 2.18 bits per heavy atom. The van der Waals surface area contributed by atoms with E-state index in [1.54, 1.807) is 12.1 Å². The first-order valence-electron chi connectivity index (χ1n) is 5.92. The summed E-state index contributed by atoms with van der Waals surface area (Å²) in [6.07, 6.45) is 1.33. The fourth-order valence-electron chi connectivity index (χ4n) is 2.31. The molecule has 1 unspecified atom stereocenters. The number of rotatable bonds is 3. The van der Waals surface area contributed by atoms with Crippen molar-refractivity contribution < 1.29 is 13.2 Å². The molecule has 17 heavy (non-hydrogen) atoms. The first-order valence-corrected chi connectivity index (χ1v) is 5.92. The van der Waals surface area contributed by atoms with Crippen LogP contribution in [-0.4, -0.2) is 12.5 Å². The van der Waals surface area contributed by atoms with Gasteiger partial charge in [0, 0.05) is 25.1 Å². The van der Waals surface area contributed by atoms with Crippen LogP contribution in [0.5, 0.6) is 0 Å². The molecule has 0 heterocycles. The number of hydrogen-bond donors (Lipinski definition) is 1. The van der Waals surface area contributed by atoms with Crippen molar-refractivity contribution in [1.29, 1.82) is 0 Å². The SMILES string of the molecule is Fc1cccc(NCC2CCCC(F)(F)C2)c1. The van der Waals surface area contributed by atoms with Gasteiger partial charge in [-0.25, -0.2) is 13.2 Å². The predicted molar refractivity (Wildman–Crippen MR) is 61.8 cm³/mol. The molecule has 0 aliphatic heterocycles. The summed E-state index contributed by atoms with van der Waals surface area (Å²) in [5.74, 6) is -2.86. The van der Waals surface area contributed by atoms with Gasteiger partial charge in [-0.15, -0.1) is 0 Å². The molecule has 0 saturated heterocycles. The molecule has 4 heteroatoms. The highest BCUT2D eigenvalue weighted by Crippen LogP contribution is 2.36. The lowest BCUT2D eigenvalue weighted by Crippen LogP contribution is -2.29. The van der Waals surface area contributed by atoms with E-state index in [0.29, 0.717) is 18.7 Å². The molecule has 1 aromatic rings. The number of benzene rings is 1. The Morgan fingerprint density at radius 1 is 1.35 bits per heavy atom. The zero-order chi connectivity index (χ0) is 12.3. The van der Waals surface area contributed by atoms with Gasteiger partial charge in [0.05, 0.1) is 0 Å². The van der Waals surface area contributed by atoms with Gasteiger partial charge in [0.25, 0.3) is 0 Å². The Morgan fingerprint density at radius 3 is 2.88 bits per heavy atom. The molecule has 1 N–H and O–H groups in total. The monoisotopic (exact) mass is 243 g/mol. The lowest BCUT2D eigenvalue weighted by molar-refractivity contribution is -0.0502. The molecule has 1 aliphatic carbocycles. The van der Waals surface area contributed by atoms with E-state index in [1.807, 2.05) is 0 Å². The Hall–Kier alpha value is -1.19. The van der Waals surface area contributed by atoms with Crippen molar-refractivity contribution in [2.75, 3.05) is 11.9 Å². The highest BCUT2D eigenvalue weighted by molar-refractivity contribution is 5.43. The lowest BCUT2D eigenvalue weighted by Gasteiger charge is -2.29. The summed E-state index contributed by atoms with van der Waals surface area (Å²) in [5.41, 5.74) is 0.652. The summed E-state index contributed by atoms with van der Waals surface area (Å²) in [7, 11) is 0. The fraction of sp³-hybridized carbons (Fsp3) is 0.538. The van der Waals surface area contributed by atoms with Crippen molar-refractivity contribution in [1.82, 2.24) is 0 Å². The Balaban J connectivity index is 1.86. The van der Waals surface area contributed by atoms with Crippen LogP contribution in [0, 0.1) is 11.7 Å². The predicted octanol–water partition coefficient (Wildman–Crippen LogP) is 4.06. The second-order valence-corrected chi connectivity index (χ2v) is 4.71. The van der Waals surface area contributed by atoms with Crippen LogP contribution < -0.4 is 5.32 Å². The maximum atomic E-state index is 13.2. The Kier molecular flexibility index (Phi) is 3.60. The van der Waals surface area contributed by atoms with E-state index in [9.17, 15) is 13.2 Å². The smallest absolute Gasteiger partial charge is 0.248 e. The molecule has 1 aliphatic rings. The molecule has 0 radical (unpaired) electrons. The topological polar surface area (TPSA) is 12.0 Å². The van der Waals surface area contributed by atoms with Crippen LogP contribution in [0.15, 0.2) is 24.3 Å². The fourth-order valence-corrected chi connectivity index (χ4v) is 2.31. The minimum absolute atomic E-state index is 0.00344. The van der Waals surface area contributed by atoms with Crippen molar-refractivity contribution in [2.24, 2.45) is 5.92 Å². The highest BCUT2D eigenvalue weighted by Gasteiger charge is 2.35. The molecule has 1 aromatic carbocycles. The van der Waals surface area contributed by atoms with Crippen LogP contribution in [0.1, 0.15) is 25.7 Å². The average Bonchev–Trinajstić information content (AvgIpc) is 2.25. The first-order chi connectivity index (χ1) is 8.05. The van der Waals surface area contributed by atoms with Crippen LogP contribution in [-0.2, 0) is 0 Å². The third-order valence-corrected chi connectivity index (χ3v) is 3.16. The van der Waals surface area contributed by atoms with Gasteiger partial charge >= 0.3 is 0 Å². The van der Waals surface area contributed by atoms with E-state index in [0.717, 1.165) is 6.42 Å². The largest absolute Gasteiger partial charge is 0.385 e. The van der Waals surface area contributed by atoms with E-state index < -0.39 is 5.92 Å². The normalized spacial score (nSPS) is 23.4. The van der Waals surface area contributed by atoms with Crippen molar-refractivity contribution in [3.63, 3.8) is 0 Å². The molecule has 0 aromatic heterocycles. The Bertz CT molecular complexity index is 379. The van der Waals surface area contributed by atoms with Crippen LogP contribution in [0.25, 0.3) is 0 Å².